The van der Waals surface area contributed by atoms with Gasteiger partial charge in [-0.2, -0.15) is 0 Å². The van der Waals surface area contributed by atoms with E-state index in [9.17, 15) is 4.79 Å². The highest BCUT2D eigenvalue weighted by molar-refractivity contribution is 6.63. The SMILES string of the molecule is CC(C)=C[C@H]1CC/C(C)=C/CC/C(C)=C/C[C@]1(C)CC(=O)Cl. The monoisotopic (exact) mass is 322 g/mol. The summed E-state index contributed by atoms with van der Waals surface area (Å²) >= 11 is 5.78. The summed E-state index contributed by atoms with van der Waals surface area (Å²) in [6.07, 6.45) is 12.8. The van der Waals surface area contributed by atoms with Crippen LogP contribution in [-0.4, -0.2) is 5.24 Å². The Morgan fingerprint density at radius 2 is 1.91 bits per heavy atom. The van der Waals surface area contributed by atoms with Crippen LogP contribution in [0, 0.1) is 11.3 Å². The van der Waals surface area contributed by atoms with Crippen molar-refractivity contribution in [3.8, 4) is 0 Å². The van der Waals surface area contributed by atoms with E-state index in [1.165, 1.54) is 16.7 Å². The van der Waals surface area contributed by atoms with Crippen LogP contribution in [0.25, 0.3) is 0 Å². The van der Waals surface area contributed by atoms with Gasteiger partial charge in [0.1, 0.15) is 0 Å². The quantitative estimate of drug-likeness (QED) is 0.423. The van der Waals surface area contributed by atoms with E-state index >= 15 is 0 Å². The predicted molar refractivity (Wildman–Crippen MR) is 97.1 cm³/mol. The molecule has 0 heterocycles. The first-order valence-corrected chi connectivity index (χ1v) is 8.75. The number of rotatable bonds is 3. The van der Waals surface area contributed by atoms with Crippen LogP contribution in [0.15, 0.2) is 34.9 Å². The summed E-state index contributed by atoms with van der Waals surface area (Å²) in [5, 5.41) is -0.220. The first kappa shape index (κ1) is 19.2. The second kappa shape index (κ2) is 8.72. The summed E-state index contributed by atoms with van der Waals surface area (Å²) in [6, 6.07) is 0. The van der Waals surface area contributed by atoms with Crippen LogP contribution in [0.3, 0.4) is 0 Å². The van der Waals surface area contributed by atoms with Crippen LogP contribution >= 0.6 is 11.6 Å². The number of carbonyl (C=O) groups is 1. The third kappa shape index (κ3) is 6.52. The van der Waals surface area contributed by atoms with Crippen molar-refractivity contribution in [2.45, 2.75) is 73.1 Å². The van der Waals surface area contributed by atoms with Crippen LogP contribution in [0.1, 0.15) is 73.1 Å². The third-order valence-electron chi connectivity index (χ3n) is 4.77. The molecule has 0 aromatic heterocycles. The Kier molecular flexibility index (Phi) is 7.62. The molecular formula is C20H31ClO. The van der Waals surface area contributed by atoms with Gasteiger partial charge >= 0.3 is 0 Å². The highest BCUT2D eigenvalue weighted by atomic mass is 35.5. The minimum Gasteiger partial charge on any atom is -0.281 e. The van der Waals surface area contributed by atoms with Gasteiger partial charge in [-0.15, -0.1) is 0 Å². The van der Waals surface area contributed by atoms with Gasteiger partial charge in [0, 0.05) is 6.42 Å². The normalized spacial score (nSPS) is 32.0. The molecule has 1 aliphatic carbocycles. The molecule has 1 nitrogen and oxygen atoms in total. The summed E-state index contributed by atoms with van der Waals surface area (Å²) in [4.78, 5) is 11.6. The summed E-state index contributed by atoms with van der Waals surface area (Å²) in [7, 11) is 0. The van der Waals surface area contributed by atoms with E-state index in [0.717, 1.165) is 32.1 Å². The number of allylic oxidation sites excluding steroid dienone is 6. The second-order valence-corrected chi connectivity index (χ2v) is 7.84. The van der Waals surface area contributed by atoms with Gasteiger partial charge in [-0.05, 0) is 82.7 Å². The molecule has 2 atom stereocenters. The minimum absolute atomic E-state index is 0.0953. The number of carbonyl (C=O) groups excluding carboxylic acids is 1. The molecule has 0 amide bonds. The van der Waals surface area contributed by atoms with E-state index < -0.39 is 0 Å². The fourth-order valence-electron chi connectivity index (χ4n) is 3.25. The van der Waals surface area contributed by atoms with Gasteiger partial charge < -0.3 is 0 Å². The Morgan fingerprint density at radius 1 is 1.27 bits per heavy atom. The molecule has 2 heteroatoms. The zero-order valence-corrected chi connectivity index (χ0v) is 15.6. The van der Waals surface area contributed by atoms with Gasteiger partial charge in [-0.25, -0.2) is 0 Å². The average molecular weight is 323 g/mol. The van der Waals surface area contributed by atoms with E-state index in [1.54, 1.807) is 0 Å². The van der Waals surface area contributed by atoms with Crippen LogP contribution in [0.4, 0.5) is 0 Å². The van der Waals surface area contributed by atoms with Crippen LogP contribution in [0.2, 0.25) is 0 Å². The van der Waals surface area contributed by atoms with Crippen molar-refractivity contribution in [3.63, 3.8) is 0 Å². The maximum Gasteiger partial charge on any atom is 0.222 e. The van der Waals surface area contributed by atoms with Crippen molar-refractivity contribution in [1.82, 2.24) is 0 Å². The van der Waals surface area contributed by atoms with E-state index in [-0.39, 0.29) is 10.7 Å². The molecule has 22 heavy (non-hydrogen) atoms. The Balaban J connectivity index is 3.18. The van der Waals surface area contributed by atoms with Crippen LogP contribution in [-0.2, 0) is 4.79 Å². The Bertz CT molecular complexity index is 480. The molecule has 0 N–H and O–H groups in total. The van der Waals surface area contributed by atoms with Crippen molar-refractivity contribution in [2.24, 2.45) is 11.3 Å². The molecule has 124 valence electrons. The van der Waals surface area contributed by atoms with Gasteiger partial charge in [-0.3, -0.25) is 4.79 Å². The zero-order chi connectivity index (χ0) is 16.8. The first-order chi connectivity index (χ1) is 10.2. The molecule has 0 radical (unpaired) electrons. The highest BCUT2D eigenvalue weighted by Crippen LogP contribution is 2.41. The average Bonchev–Trinajstić information content (AvgIpc) is 2.41. The van der Waals surface area contributed by atoms with Crippen molar-refractivity contribution in [2.75, 3.05) is 0 Å². The first-order valence-electron chi connectivity index (χ1n) is 8.37. The van der Waals surface area contributed by atoms with Crippen molar-refractivity contribution >= 4 is 16.8 Å². The van der Waals surface area contributed by atoms with E-state index in [1.807, 2.05) is 0 Å². The van der Waals surface area contributed by atoms with Crippen LogP contribution < -0.4 is 0 Å². The topological polar surface area (TPSA) is 17.1 Å². The number of hydrogen-bond donors (Lipinski definition) is 0. The molecule has 0 spiro atoms. The number of hydrogen-bond acceptors (Lipinski definition) is 1. The minimum atomic E-state index is -0.220. The summed E-state index contributed by atoms with van der Waals surface area (Å²) in [6.45, 7) is 10.9. The molecule has 0 aromatic carbocycles. The lowest BCUT2D eigenvalue weighted by molar-refractivity contribution is -0.114. The van der Waals surface area contributed by atoms with Gasteiger partial charge in [0.05, 0.1) is 0 Å². The summed E-state index contributed by atoms with van der Waals surface area (Å²) < 4.78 is 0. The number of halogens is 1. The Morgan fingerprint density at radius 3 is 2.50 bits per heavy atom. The highest BCUT2D eigenvalue weighted by Gasteiger charge is 2.33. The molecule has 0 fully saturated rings. The molecule has 0 aromatic rings. The van der Waals surface area contributed by atoms with Crippen LogP contribution in [0.5, 0.6) is 0 Å². The van der Waals surface area contributed by atoms with Crippen molar-refractivity contribution in [1.29, 1.82) is 0 Å². The fraction of sp³-hybridized carbons (Fsp3) is 0.650. The van der Waals surface area contributed by atoms with E-state index in [4.69, 9.17) is 11.6 Å². The van der Waals surface area contributed by atoms with E-state index in [0.29, 0.717) is 12.3 Å². The molecule has 1 rings (SSSR count). The maximum absolute atomic E-state index is 11.6. The Labute approximate surface area is 141 Å². The van der Waals surface area contributed by atoms with Gasteiger partial charge in [-0.1, -0.05) is 41.9 Å². The lowest BCUT2D eigenvalue weighted by Crippen LogP contribution is -2.28. The second-order valence-electron chi connectivity index (χ2n) is 7.42. The molecule has 1 aliphatic rings. The summed E-state index contributed by atoms with van der Waals surface area (Å²) in [5.41, 5.74) is 4.09. The smallest absolute Gasteiger partial charge is 0.222 e. The van der Waals surface area contributed by atoms with Crippen molar-refractivity contribution < 1.29 is 4.79 Å². The predicted octanol–water partition coefficient (Wildman–Crippen LogP) is 6.59. The standard InChI is InChI=1S/C20H31ClO/c1-15(2)13-18-10-9-16(3)7-6-8-17(4)11-12-20(18,5)14-19(21)22/h7,11,13,18H,6,8-10,12,14H2,1-5H3/b16-7+,17-11+/t18-,20-/m1/s1. The Hall–Kier alpha value is -0.820. The zero-order valence-electron chi connectivity index (χ0n) is 14.8. The van der Waals surface area contributed by atoms with E-state index in [2.05, 4.69) is 52.8 Å². The molecule has 0 bridgehead atoms. The maximum atomic E-state index is 11.6. The molecule has 0 saturated carbocycles. The third-order valence-corrected chi connectivity index (χ3v) is 4.90. The molecular weight excluding hydrogens is 292 g/mol. The van der Waals surface area contributed by atoms with Gasteiger partial charge in [0.2, 0.25) is 5.24 Å². The molecule has 0 unspecified atom stereocenters. The van der Waals surface area contributed by atoms with Crippen molar-refractivity contribution in [3.05, 3.63) is 34.9 Å². The molecule has 0 aliphatic heterocycles. The molecule has 0 saturated heterocycles. The lowest BCUT2D eigenvalue weighted by Gasteiger charge is -2.35. The summed E-state index contributed by atoms with van der Waals surface area (Å²) in [5.74, 6) is 0.380. The fourth-order valence-corrected chi connectivity index (χ4v) is 3.55. The van der Waals surface area contributed by atoms with Gasteiger partial charge in [0.15, 0.2) is 0 Å². The lowest BCUT2D eigenvalue weighted by atomic mass is 9.69. The van der Waals surface area contributed by atoms with Gasteiger partial charge in [0.25, 0.3) is 0 Å². The largest absolute Gasteiger partial charge is 0.281 e.